The molecule has 1 nitrogen and oxygen atoms in total. The lowest BCUT2D eigenvalue weighted by atomic mass is 9.95. The van der Waals surface area contributed by atoms with E-state index in [1.165, 1.54) is 16.7 Å². The molecule has 0 fully saturated rings. The largest absolute Gasteiger partial charge is 0.384 e. The predicted octanol–water partition coefficient (Wildman–Crippen LogP) is 3.76. The van der Waals surface area contributed by atoms with Crippen molar-refractivity contribution < 1.29 is 5.11 Å². The van der Waals surface area contributed by atoms with Gasteiger partial charge in [0, 0.05) is 0 Å². The van der Waals surface area contributed by atoms with Gasteiger partial charge in [-0.25, -0.2) is 0 Å². The van der Waals surface area contributed by atoms with Gasteiger partial charge >= 0.3 is 0 Å². The number of aliphatic hydroxyl groups is 1. The van der Waals surface area contributed by atoms with E-state index in [-0.39, 0.29) is 0 Å². The third-order valence-corrected chi connectivity index (χ3v) is 4.01. The van der Waals surface area contributed by atoms with E-state index in [9.17, 15) is 5.11 Å². The molecule has 0 amide bonds. The summed E-state index contributed by atoms with van der Waals surface area (Å²) in [5.41, 5.74) is 5.61. The van der Waals surface area contributed by atoms with Crippen molar-refractivity contribution in [1.82, 2.24) is 0 Å². The van der Waals surface area contributed by atoms with Crippen LogP contribution in [0.1, 0.15) is 33.9 Å². The molecular weight excluding hydrogens is 216 g/mol. The number of rotatable bonds is 2. The highest BCUT2D eigenvalue weighted by Crippen LogP contribution is 2.30. The Morgan fingerprint density at radius 1 is 1.00 bits per heavy atom. The van der Waals surface area contributed by atoms with E-state index in [4.69, 9.17) is 0 Å². The van der Waals surface area contributed by atoms with Crippen LogP contribution in [0.25, 0.3) is 0 Å². The first-order valence-electron chi connectivity index (χ1n) is 5.38. The van der Waals surface area contributed by atoms with Gasteiger partial charge in [0.05, 0.1) is 0 Å². The Hall–Kier alpha value is -1.12. The van der Waals surface area contributed by atoms with Crippen LogP contribution in [0.5, 0.6) is 0 Å². The Morgan fingerprint density at radius 2 is 1.75 bits per heavy atom. The molecule has 0 aliphatic rings. The average Bonchev–Trinajstić information content (AvgIpc) is 2.68. The van der Waals surface area contributed by atoms with Crippen LogP contribution in [0.2, 0.25) is 0 Å². The Bertz CT molecular complexity index is 499. The molecule has 2 aromatic rings. The Balaban J connectivity index is 2.46. The molecular formula is C14H16OS. The van der Waals surface area contributed by atoms with Crippen molar-refractivity contribution in [3.63, 3.8) is 0 Å². The van der Waals surface area contributed by atoms with Crippen molar-refractivity contribution in [3.05, 3.63) is 56.8 Å². The quantitative estimate of drug-likeness (QED) is 0.836. The van der Waals surface area contributed by atoms with Crippen molar-refractivity contribution in [2.75, 3.05) is 0 Å². The molecule has 1 aromatic heterocycles. The highest BCUT2D eigenvalue weighted by Gasteiger charge is 2.15. The third-order valence-electron chi connectivity index (χ3n) is 3.13. The zero-order valence-electron chi connectivity index (χ0n) is 9.82. The van der Waals surface area contributed by atoms with E-state index < -0.39 is 6.10 Å². The van der Waals surface area contributed by atoms with Gasteiger partial charge in [0.25, 0.3) is 0 Å². The fraction of sp³-hybridized carbons (Fsp3) is 0.286. The van der Waals surface area contributed by atoms with Crippen molar-refractivity contribution in [2.45, 2.75) is 26.9 Å². The topological polar surface area (TPSA) is 20.2 Å². The maximum atomic E-state index is 10.4. The second-order valence-corrected chi connectivity index (χ2v) is 4.95. The molecule has 84 valence electrons. The number of hydrogen-bond donors (Lipinski definition) is 1. The number of aryl methyl sites for hydroxylation is 2. The maximum Gasteiger partial charge on any atom is 0.105 e. The maximum absolute atomic E-state index is 10.4. The minimum atomic E-state index is -0.494. The molecule has 1 aromatic carbocycles. The SMILES string of the molecule is Cc1cscc1C(O)c1cccc(C)c1C. The van der Waals surface area contributed by atoms with Gasteiger partial charge in [0.1, 0.15) is 6.10 Å². The monoisotopic (exact) mass is 232 g/mol. The summed E-state index contributed by atoms with van der Waals surface area (Å²) in [7, 11) is 0. The number of aliphatic hydroxyl groups excluding tert-OH is 1. The van der Waals surface area contributed by atoms with Gasteiger partial charge in [0.2, 0.25) is 0 Å². The molecule has 2 rings (SSSR count). The van der Waals surface area contributed by atoms with Crippen LogP contribution in [0, 0.1) is 20.8 Å². The summed E-state index contributed by atoms with van der Waals surface area (Å²) in [5.74, 6) is 0. The summed E-state index contributed by atoms with van der Waals surface area (Å²) in [5, 5.41) is 14.5. The normalized spacial score (nSPS) is 12.8. The van der Waals surface area contributed by atoms with Crippen LogP contribution >= 0.6 is 11.3 Å². The molecule has 0 aliphatic heterocycles. The van der Waals surface area contributed by atoms with E-state index >= 15 is 0 Å². The lowest BCUT2D eigenvalue weighted by Crippen LogP contribution is -2.03. The minimum absolute atomic E-state index is 0.494. The number of hydrogen-bond acceptors (Lipinski definition) is 2. The molecule has 16 heavy (non-hydrogen) atoms. The predicted molar refractivity (Wildman–Crippen MR) is 69.0 cm³/mol. The summed E-state index contributed by atoms with van der Waals surface area (Å²) >= 11 is 1.64. The van der Waals surface area contributed by atoms with Gasteiger partial charge in [-0.1, -0.05) is 18.2 Å². The van der Waals surface area contributed by atoms with E-state index in [0.29, 0.717) is 0 Å². The van der Waals surface area contributed by atoms with E-state index in [1.54, 1.807) is 11.3 Å². The summed E-state index contributed by atoms with van der Waals surface area (Å²) in [6.07, 6.45) is -0.494. The van der Waals surface area contributed by atoms with Crippen LogP contribution in [-0.2, 0) is 0 Å². The molecule has 2 heteroatoms. The molecule has 0 saturated heterocycles. The van der Waals surface area contributed by atoms with Crippen molar-refractivity contribution in [1.29, 1.82) is 0 Å². The Kier molecular flexibility index (Phi) is 3.13. The lowest BCUT2D eigenvalue weighted by molar-refractivity contribution is 0.219. The summed E-state index contributed by atoms with van der Waals surface area (Å²) in [6.45, 7) is 6.18. The Morgan fingerprint density at radius 3 is 2.38 bits per heavy atom. The smallest absolute Gasteiger partial charge is 0.105 e. The second kappa shape index (κ2) is 4.40. The van der Waals surface area contributed by atoms with Crippen molar-refractivity contribution in [3.8, 4) is 0 Å². The van der Waals surface area contributed by atoms with Crippen molar-refractivity contribution >= 4 is 11.3 Å². The highest BCUT2D eigenvalue weighted by atomic mass is 32.1. The first kappa shape index (κ1) is 11.4. The molecule has 0 radical (unpaired) electrons. The van der Waals surface area contributed by atoms with Gasteiger partial charge in [-0.3, -0.25) is 0 Å². The van der Waals surface area contributed by atoms with Gasteiger partial charge < -0.3 is 5.11 Å². The fourth-order valence-electron chi connectivity index (χ4n) is 1.89. The molecule has 1 unspecified atom stereocenters. The van der Waals surface area contributed by atoms with E-state index in [0.717, 1.165) is 11.1 Å². The van der Waals surface area contributed by atoms with Crippen LogP contribution < -0.4 is 0 Å². The first-order valence-corrected chi connectivity index (χ1v) is 6.32. The lowest BCUT2D eigenvalue weighted by Gasteiger charge is -2.15. The van der Waals surface area contributed by atoms with Crippen LogP contribution in [0.4, 0.5) is 0 Å². The Labute approximate surface area is 100 Å². The zero-order valence-corrected chi connectivity index (χ0v) is 10.6. The molecule has 0 spiro atoms. The van der Waals surface area contributed by atoms with Crippen molar-refractivity contribution in [2.24, 2.45) is 0 Å². The summed E-state index contributed by atoms with van der Waals surface area (Å²) in [6, 6.07) is 6.08. The molecule has 0 bridgehead atoms. The summed E-state index contributed by atoms with van der Waals surface area (Å²) < 4.78 is 0. The fourth-order valence-corrected chi connectivity index (χ4v) is 2.76. The molecule has 0 aliphatic carbocycles. The minimum Gasteiger partial charge on any atom is -0.384 e. The molecule has 1 N–H and O–H groups in total. The van der Waals surface area contributed by atoms with E-state index in [2.05, 4.69) is 25.3 Å². The molecule has 0 saturated carbocycles. The van der Waals surface area contributed by atoms with Gasteiger partial charge in [-0.05, 0) is 59.3 Å². The average molecular weight is 232 g/mol. The third kappa shape index (κ3) is 1.91. The van der Waals surface area contributed by atoms with Crippen LogP contribution in [-0.4, -0.2) is 5.11 Å². The van der Waals surface area contributed by atoms with Crippen LogP contribution in [0.15, 0.2) is 29.0 Å². The zero-order chi connectivity index (χ0) is 11.7. The number of thiophene rings is 1. The summed E-state index contributed by atoms with van der Waals surface area (Å²) in [4.78, 5) is 0. The first-order chi connectivity index (χ1) is 7.61. The van der Waals surface area contributed by atoms with E-state index in [1.807, 2.05) is 24.4 Å². The molecule has 1 heterocycles. The van der Waals surface area contributed by atoms with Gasteiger partial charge in [-0.2, -0.15) is 11.3 Å². The molecule has 1 atom stereocenters. The highest BCUT2D eigenvalue weighted by molar-refractivity contribution is 7.08. The second-order valence-electron chi connectivity index (χ2n) is 4.20. The van der Waals surface area contributed by atoms with Gasteiger partial charge in [0.15, 0.2) is 0 Å². The van der Waals surface area contributed by atoms with Crippen LogP contribution in [0.3, 0.4) is 0 Å². The number of benzene rings is 1. The standard InChI is InChI=1S/C14H16OS/c1-9-5-4-6-12(11(9)3)14(15)13-8-16-7-10(13)2/h4-8,14-15H,1-3H3. The van der Waals surface area contributed by atoms with Gasteiger partial charge in [-0.15, -0.1) is 0 Å².